The van der Waals surface area contributed by atoms with Gasteiger partial charge >= 0.3 is 0 Å². The smallest absolute Gasteiger partial charge is 0.119 e. The second-order valence-electron chi connectivity index (χ2n) is 4.38. The van der Waals surface area contributed by atoms with Gasteiger partial charge in [0.1, 0.15) is 36.9 Å². The Kier molecular flexibility index (Phi) is 5.41. The Bertz CT molecular complexity index is 439. The lowest BCUT2D eigenvalue weighted by atomic mass is 10.2. The highest BCUT2D eigenvalue weighted by Crippen LogP contribution is 2.11. The van der Waals surface area contributed by atoms with E-state index in [9.17, 15) is 10.2 Å². The van der Waals surface area contributed by atoms with E-state index >= 15 is 0 Å². The van der Waals surface area contributed by atoms with Gasteiger partial charge in [-0.25, -0.2) is 0 Å². The zero-order chi connectivity index (χ0) is 14.2. The van der Waals surface area contributed by atoms with Gasteiger partial charge in [-0.1, -0.05) is 36.4 Å². The molecule has 4 nitrogen and oxygen atoms in total. The molecule has 106 valence electrons. The first kappa shape index (κ1) is 14.4. The van der Waals surface area contributed by atoms with E-state index in [0.29, 0.717) is 11.5 Å². The predicted octanol–water partition coefficient (Wildman–Crippen LogP) is 1.87. The van der Waals surface area contributed by atoms with Crippen LogP contribution in [0.15, 0.2) is 60.7 Å². The van der Waals surface area contributed by atoms with Gasteiger partial charge in [0, 0.05) is 0 Å². The van der Waals surface area contributed by atoms with Crippen molar-refractivity contribution < 1.29 is 19.7 Å². The molecule has 2 rings (SSSR count). The van der Waals surface area contributed by atoms with Crippen LogP contribution in [-0.4, -0.2) is 35.6 Å². The van der Waals surface area contributed by atoms with Crippen LogP contribution in [0.1, 0.15) is 0 Å². The van der Waals surface area contributed by atoms with Crippen molar-refractivity contribution in [3.8, 4) is 11.5 Å². The molecule has 0 aromatic heterocycles. The molecule has 2 unspecified atom stereocenters. The Morgan fingerprint density at radius 1 is 0.650 bits per heavy atom. The van der Waals surface area contributed by atoms with Crippen molar-refractivity contribution in [1.29, 1.82) is 0 Å². The Labute approximate surface area is 118 Å². The lowest BCUT2D eigenvalue weighted by Crippen LogP contribution is -2.36. The van der Waals surface area contributed by atoms with E-state index in [4.69, 9.17) is 9.47 Å². The number of aliphatic hydroxyl groups is 2. The topological polar surface area (TPSA) is 58.9 Å². The molecule has 0 fully saturated rings. The van der Waals surface area contributed by atoms with Gasteiger partial charge in [-0.2, -0.15) is 0 Å². The Balaban J connectivity index is 1.73. The van der Waals surface area contributed by atoms with Gasteiger partial charge in [-0.15, -0.1) is 0 Å². The molecule has 2 aromatic carbocycles. The summed E-state index contributed by atoms with van der Waals surface area (Å²) in [6.07, 6.45) is -2.00. The fourth-order valence-corrected chi connectivity index (χ4v) is 1.62. The van der Waals surface area contributed by atoms with Crippen LogP contribution in [-0.2, 0) is 0 Å². The average molecular weight is 274 g/mol. The molecule has 0 saturated heterocycles. The van der Waals surface area contributed by atoms with E-state index in [0.717, 1.165) is 0 Å². The van der Waals surface area contributed by atoms with Crippen molar-refractivity contribution in [2.45, 2.75) is 12.2 Å². The first-order valence-electron chi connectivity index (χ1n) is 6.47. The van der Waals surface area contributed by atoms with Gasteiger partial charge in [0.15, 0.2) is 0 Å². The molecule has 0 radical (unpaired) electrons. The fraction of sp³-hybridized carbons (Fsp3) is 0.250. The quantitative estimate of drug-likeness (QED) is 0.809. The highest BCUT2D eigenvalue weighted by Gasteiger charge is 2.17. The zero-order valence-electron chi connectivity index (χ0n) is 11.1. The van der Waals surface area contributed by atoms with Crippen LogP contribution in [0.25, 0.3) is 0 Å². The summed E-state index contributed by atoms with van der Waals surface area (Å²) < 4.78 is 10.8. The Morgan fingerprint density at radius 3 is 1.35 bits per heavy atom. The molecule has 2 N–H and O–H groups in total. The number of hydrogen-bond donors (Lipinski definition) is 2. The van der Waals surface area contributed by atoms with Crippen LogP contribution in [0.4, 0.5) is 0 Å². The van der Waals surface area contributed by atoms with E-state index in [1.165, 1.54) is 0 Å². The summed E-state index contributed by atoms with van der Waals surface area (Å²) in [7, 11) is 0. The number of ether oxygens (including phenoxy) is 2. The third-order valence-electron chi connectivity index (χ3n) is 2.77. The maximum atomic E-state index is 9.80. The number of benzene rings is 2. The molecular formula is C16H18O4. The monoisotopic (exact) mass is 274 g/mol. The maximum Gasteiger partial charge on any atom is 0.119 e. The third-order valence-corrected chi connectivity index (χ3v) is 2.77. The van der Waals surface area contributed by atoms with Gasteiger partial charge in [0.05, 0.1) is 0 Å². The largest absolute Gasteiger partial charge is 0.491 e. The van der Waals surface area contributed by atoms with E-state index in [1.54, 1.807) is 24.3 Å². The molecule has 0 heterocycles. The second-order valence-corrected chi connectivity index (χ2v) is 4.38. The van der Waals surface area contributed by atoms with Gasteiger partial charge in [-0.3, -0.25) is 0 Å². The van der Waals surface area contributed by atoms with Crippen molar-refractivity contribution in [3.05, 3.63) is 60.7 Å². The SMILES string of the molecule is OC(COc1ccccc1)C(O)COc1ccccc1. The molecule has 0 aliphatic carbocycles. The van der Waals surface area contributed by atoms with Crippen LogP contribution in [0.5, 0.6) is 11.5 Å². The van der Waals surface area contributed by atoms with Crippen LogP contribution in [0, 0.1) is 0 Å². The van der Waals surface area contributed by atoms with Gasteiger partial charge in [0.2, 0.25) is 0 Å². The van der Waals surface area contributed by atoms with Gasteiger partial charge in [0.25, 0.3) is 0 Å². The summed E-state index contributed by atoms with van der Waals surface area (Å²) in [5.41, 5.74) is 0. The fourth-order valence-electron chi connectivity index (χ4n) is 1.62. The Morgan fingerprint density at radius 2 is 1.00 bits per heavy atom. The van der Waals surface area contributed by atoms with E-state index < -0.39 is 12.2 Å². The molecule has 0 spiro atoms. The molecule has 0 bridgehead atoms. The number of para-hydroxylation sites is 2. The second kappa shape index (κ2) is 7.53. The third kappa shape index (κ3) is 4.57. The number of rotatable bonds is 7. The normalized spacial score (nSPS) is 13.5. The van der Waals surface area contributed by atoms with Crippen LogP contribution >= 0.6 is 0 Å². The van der Waals surface area contributed by atoms with E-state index in [-0.39, 0.29) is 13.2 Å². The molecule has 20 heavy (non-hydrogen) atoms. The molecule has 2 aromatic rings. The average Bonchev–Trinajstić information content (AvgIpc) is 2.52. The van der Waals surface area contributed by atoms with Crippen LogP contribution < -0.4 is 9.47 Å². The van der Waals surface area contributed by atoms with Crippen molar-refractivity contribution in [2.75, 3.05) is 13.2 Å². The molecular weight excluding hydrogens is 256 g/mol. The maximum absolute atomic E-state index is 9.80. The summed E-state index contributed by atoms with van der Waals surface area (Å²) in [5, 5.41) is 19.6. The van der Waals surface area contributed by atoms with Crippen LogP contribution in [0.3, 0.4) is 0 Å². The summed E-state index contributed by atoms with van der Waals surface area (Å²) in [5.74, 6) is 1.31. The minimum atomic E-state index is -1.00. The van der Waals surface area contributed by atoms with Gasteiger partial charge in [-0.05, 0) is 24.3 Å². The summed E-state index contributed by atoms with van der Waals surface area (Å²) in [6, 6.07) is 18.3. The number of hydrogen-bond acceptors (Lipinski definition) is 4. The molecule has 4 heteroatoms. The molecule has 0 saturated carbocycles. The molecule has 0 amide bonds. The minimum Gasteiger partial charge on any atom is -0.491 e. The highest BCUT2D eigenvalue weighted by molar-refractivity contribution is 5.21. The summed E-state index contributed by atoms with van der Waals surface area (Å²) in [4.78, 5) is 0. The lowest BCUT2D eigenvalue weighted by molar-refractivity contribution is -0.0288. The standard InChI is InChI=1S/C16H18O4/c17-15(11-19-13-7-3-1-4-8-13)16(18)12-20-14-9-5-2-6-10-14/h1-10,15-18H,11-12H2. The summed E-state index contributed by atoms with van der Waals surface area (Å²) >= 11 is 0. The Hall–Kier alpha value is -2.04. The van der Waals surface area contributed by atoms with Crippen molar-refractivity contribution in [1.82, 2.24) is 0 Å². The first-order chi connectivity index (χ1) is 9.75. The predicted molar refractivity (Wildman–Crippen MR) is 75.9 cm³/mol. The van der Waals surface area contributed by atoms with Crippen molar-refractivity contribution in [3.63, 3.8) is 0 Å². The van der Waals surface area contributed by atoms with Crippen molar-refractivity contribution >= 4 is 0 Å². The lowest BCUT2D eigenvalue weighted by Gasteiger charge is -2.18. The summed E-state index contributed by atoms with van der Waals surface area (Å²) in [6.45, 7) is 0.0344. The zero-order valence-corrected chi connectivity index (χ0v) is 11.1. The molecule has 0 aliphatic heterocycles. The van der Waals surface area contributed by atoms with E-state index in [2.05, 4.69) is 0 Å². The van der Waals surface area contributed by atoms with E-state index in [1.807, 2.05) is 36.4 Å². The first-order valence-corrected chi connectivity index (χ1v) is 6.47. The molecule has 2 atom stereocenters. The number of aliphatic hydroxyl groups excluding tert-OH is 2. The van der Waals surface area contributed by atoms with Crippen molar-refractivity contribution in [2.24, 2.45) is 0 Å². The van der Waals surface area contributed by atoms with Crippen LogP contribution in [0.2, 0.25) is 0 Å². The minimum absolute atomic E-state index is 0.0172. The highest BCUT2D eigenvalue weighted by atomic mass is 16.5. The molecule has 0 aliphatic rings. The van der Waals surface area contributed by atoms with Gasteiger partial charge < -0.3 is 19.7 Å².